The molecule has 1 aromatic carbocycles. The number of hydrogen-bond donors (Lipinski definition) is 1. The minimum absolute atomic E-state index is 0.0424. The summed E-state index contributed by atoms with van der Waals surface area (Å²) < 4.78 is 46.7. The number of halogens is 3. The van der Waals surface area contributed by atoms with Crippen LogP contribution in [-0.2, 0) is 5.54 Å². The first-order chi connectivity index (χ1) is 12.7. The van der Waals surface area contributed by atoms with E-state index in [4.69, 9.17) is 10.5 Å². The lowest BCUT2D eigenvalue weighted by atomic mass is 9.84. The molecule has 0 radical (unpaired) electrons. The smallest absolute Gasteiger partial charge is 0.411 e. The van der Waals surface area contributed by atoms with Crippen molar-refractivity contribution < 1.29 is 22.7 Å². The van der Waals surface area contributed by atoms with E-state index in [9.17, 15) is 18.0 Å². The van der Waals surface area contributed by atoms with E-state index in [-0.39, 0.29) is 11.3 Å². The van der Waals surface area contributed by atoms with Crippen LogP contribution in [0.15, 0.2) is 42.6 Å². The Morgan fingerprint density at radius 2 is 1.81 bits per heavy atom. The van der Waals surface area contributed by atoms with Gasteiger partial charge in [-0.25, -0.2) is 0 Å². The maximum Gasteiger partial charge on any atom is 0.411 e. The van der Waals surface area contributed by atoms with Crippen LogP contribution in [0.2, 0.25) is 0 Å². The second-order valence-corrected chi connectivity index (χ2v) is 6.52. The van der Waals surface area contributed by atoms with Crippen LogP contribution < -0.4 is 10.5 Å². The number of ketones is 1. The Kier molecular flexibility index (Phi) is 6.59. The number of carbonyl (C=O) groups excluding carboxylic acids is 1. The molecule has 1 atom stereocenters. The molecule has 0 spiro atoms. The molecule has 27 heavy (non-hydrogen) atoms. The molecule has 1 aromatic heterocycles. The van der Waals surface area contributed by atoms with E-state index < -0.39 is 23.9 Å². The summed E-state index contributed by atoms with van der Waals surface area (Å²) in [6, 6.07) is 8.41. The molecule has 2 N–H and O–H groups in total. The van der Waals surface area contributed by atoms with E-state index in [1.165, 1.54) is 36.5 Å². The summed E-state index contributed by atoms with van der Waals surface area (Å²) in [4.78, 5) is 16.3. The molecule has 146 valence electrons. The van der Waals surface area contributed by atoms with Crippen LogP contribution in [0.1, 0.15) is 47.8 Å². The number of benzene rings is 1. The first-order valence-electron chi connectivity index (χ1n) is 8.72. The lowest BCUT2D eigenvalue weighted by Crippen LogP contribution is -2.51. The number of rotatable bonds is 8. The topological polar surface area (TPSA) is 65.2 Å². The molecule has 2 aromatic rings. The average Bonchev–Trinajstić information content (AvgIpc) is 2.62. The van der Waals surface area contributed by atoms with E-state index in [0.29, 0.717) is 12.4 Å². The van der Waals surface area contributed by atoms with Crippen LogP contribution >= 0.6 is 0 Å². The standard InChI is InChI=1S/C20H23F3N2O2/c1-3-4-11-27-16-8-6-15(7-9-16)19(24,20(21,22)23)12-18(26)17-10-5-14(2)13-25-17/h5-10,13H,3-4,11-12,24H2,1-2H3/t19-/m0/s1. The molecule has 7 heteroatoms. The molecule has 0 aliphatic carbocycles. The molecule has 0 bridgehead atoms. The van der Waals surface area contributed by atoms with Crippen molar-refractivity contribution in [3.05, 3.63) is 59.4 Å². The zero-order valence-corrected chi connectivity index (χ0v) is 15.3. The summed E-state index contributed by atoms with van der Waals surface area (Å²) in [6.45, 7) is 4.27. The molecule has 0 aliphatic heterocycles. The highest BCUT2D eigenvalue weighted by molar-refractivity contribution is 5.95. The quantitative estimate of drug-likeness (QED) is 0.539. The second-order valence-electron chi connectivity index (χ2n) is 6.52. The number of carbonyl (C=O) groups is 1. The van der Waals surface area contributed by atoms with Gasteiger partial charge in [0.2, 0.25) is 0 Å². The Morgan fingerprint density at radius 3 is 2.33 bits per heavy atom. The number of aryl methyl sites for hydroxylation is 1. The molecule has 0 saturated heterocycles. The molecule has 0 amide bonds. The van der Waals surface area contributed by atoms with Gasteiger partial charge in [-0.3, -0.25) is 9.78 Å². The Bertz CT molecular complexity index is 758. The SMILES string of the molecule is CCCCOc1ccc([C@@](N)(CC(=O)c2ccc(C)cn2)C(F)(F)F)cc1. The molecular weight excluding hydrogens is 357 g/mol. The van der Waals surface area contributed by atoms with Crippen molar-refractivity contribution in [3.63, 3.8) is 0 Å². The summed E-state index contributed by atoms with van der Waals surface area (Å²) >= 11 is 0. The minimum atomic E-state index is -4.81. The van der Waals surface area contributed by atoms with Gasteiger partial charge in [-0.05, 0) is 42.7 Å². The number of unbranched alkanes of at least 4 members (excludes halogenated alkanes) is 1. The molecule has 0 saturated carbocycles. The third-order valence-corrected chi connectivity index (χ3v) is 4.28. The van der Waals surface area contributed by atoms with Crippen molar-refractivity contribution in [3.8, 4) is 5.75 Å². The summed E-state index contributed by atoms with van der Waals surface area (Å²) in [5.41, 5.74) is 3.48. The summed E-state index contributed by atoms with van der Waals surface area (Å²) in [7, 11) is 0. The van der Waals surface area contributed by atoms with E-state index in [1.54, 1.807) is 13.0 Å². The Hall–Kier alpha value is -2.41. The minimum Gasteiger partial charge on any atom is -0.494 e. The predicted octanol–water partition coefficient (Wildman–Crippen LogP) is 4.56. The Labute approximate surface area is 156 Å². The van der Waals surface area contributed by atoms with Gasteiger partial charge in [0.25, 0.3) is 0 Å². The third-order valence-electron chi connectivity index (χ3n) is 4.28. The first-order valence-corrected chi connectivity index (χ1v) is 8.72. The van der Waals surface area contributed by atoms with E-state index in [2.05, 4.69) is 4.98 Å². The van der Waals surface area contributed by atoms with Gasteiger partial charge in [0, 0.05) is 12.6 Å². The fourth-order valence-electron chi connectivity index (χ4n) is 2.53. The lowest BCUT2D eigenvalue weighted by molar-refractivity contribution is -0.188. The largest absolute Gasteiger partial charge is 0.494 e. The maximum absolute atomic E-state index is 13.8. The molecule has 2 rings (SSSR count). The highest BCUT2D eigenvalue weighted by Gasteiger charge is 2.54. The fourth-order valence-corrected chi connectivity index (χ4v) is 2.53. The van der Waals surface area contributed by atoms with E-state index in [1.807, 2.05) is 6.92 Å². The van der Waals surface area contributed by atoms with E-state index >= 15 is 0 Å². The number of nitrogens with two attached hydrogens (primary N) is 1. The highest BCUT2D eigenvalue weighted by Crippen LogP contribution is 2.40. The monoisotopic (exact) mass is 380 g/mol. The average molecular weight is 380 g/mol. The molecule has 1 heterocycles. The van der Waals surface area contributed by atoms with Gasteiger partial charge in [-0.1, -0.05) is 31.5 Å². The summed E-state index contributed by atoms with van der Waals surface area (Å²) in [5, 5.41) is 0. The molecule has 0 unspecified atom stereocenters. The number of ether oxygens (including phenoxy) is 1. The molecule has 0 fully saturated rings. The van der Waals surface area contributed by atoms with E-state index in [0.717, 1.165) is 18.4 Å². The van der Waals surface area contributed by atoms with Crippen molar-refractivity contribution in [1.29, 1.82) is 0 Å². The Morgan fingerprint density at radius 1 is 1.15 bits per heavy atom. The van der Waals surface area contributed by atoms with Gasteiger partial charge in [-0.15, -0.1) is 0 Å². The van der Waals surface area contributed by atoms with Gasteiger partial charge < -0.3 is 10.5 Å². The highest BCUT2D eigenvalue weighted by atomic mass is 19.4. The molecular formula is C20H23F3N2O2. The van der Waals surface area contributed by atoms with Crippen molar-refractivity contribution in [1.82, 2.24) is 4.98 Å². The van der Waals surface area contributed by atoms with Crippen molar-refractivity contribution in [2.24, 2.45) is 5.73 Å². The maximum atomic E-state index is 13.8. The predicted molar refractivity (Wildman–Crippen MR) is 96.7 cm³/mol. The van der Waals surface area contributed by atoms with Gasteiger partial charge in [0.1, 0.15) is 17.0 Å². The third kappa shape index (κ3) is 5.07. The van der Waals surface area contributed by atoms with Crippen LogP contribution in [0.5, 0.6) is 5.75 Å². The van der Waals surface area contributed by atoms with Crippen molar-refractivity contribution in [2.45, 2.75) is 44.8 Å². The van der Waals surface area contributed by atoms with Gasteiger partial charge in [-0.2, -0.15) is 13.2 Å². The zero-order valence-electron chi connectivity index (χ0n) is 15.3. The van der Waals surface area contributed by atoms with Crippen molar-refractivity contribution >= 4 is 5.78 Å². The van der Waals surface area contributed by atoms with Crippen LogP contribution in [0, 0.1) is 6.92 Å². The normalized spacial score (nSPS) is 13.9. The van der Waals surface area contributed by atoms with Crippen molar-refractivity contribution in [2.75, 3.05) is 6.61 Å². The Balaban J connectivity index is 2.25. The number of Topliss-reactive ketones (excluding diaryl/α,β-unsaturated/α-hetero) is 1. The van der Waals surface area contributed by atoms with Gasteiger partial charge in [0.05, 0.1) is 6.61 Å². The molecule has 4 nitrogen and oxygen atoms in total. The second kappa shape index (κ2) is 8.52. The van der Waals surface area contributed by atoms with Crippen LogP contribution in [0.4, 0.5) is 13.2 Å². The number of hydrogen-bond acceptors (Lipinski definition) is 4. The lowest BCUT2D eigenvalue weighted by Gasteiger charge is -2.31. The zero-order chi connectivity index (χ0) is 20.1. The van der Waals surface area contributed by atoms with Crippen LogP contribution in [-0.4, -0.2) is 23.6 Å². The van der Waals surface area contributed by atoms with Crippen LogP contribution in [0.25, 0.3) is 0 Å². The number of alkyl halides is 3. The fraction of sp³-hybridized carbons (Fsp3) is 0.400. The van der Waals surface area contributed by atoms with Gasteiger partial charge >= 0.3 is 6.18 Å². The summed E-state index contributed by atoms with van der Waals surface area (Å²) in [5.74, 6) is -0.304. The van der Waals surface area contributed by atoms with Gasteiger partial charge in [0.15, 0.2) is 5.78 Å². The number of nitrogens with zero attached hydrogens (tertiary/aromatic N) is 1. The number of aromatic nitrogens is 1. The van der Waals surface area contributed by atoms with Crippen LogP contribution in [0.3, 0.4) is 0 Å². The molecule has 0 aliphatic rings. The first kappa shape index (κ1) is 20.9. The number of pyridine rings is 1. The summed E-state index contributed by atoms with van der Waals surface area (Å²) in [6.07, 6.45) is -2.50.